The summed E-state index contributed by atoms with van der Waals surface area (Å²) in [5, 5.41) is 6.30. The summed E-state index contributed by atoms with van der Waals surface area (Å²) in [7, 11) is -3.79. The van der Waals surface area contributed by atoms with Gasteiger partial charge < -0.3 is 0 Å². The van der Waals surface area contributed by atoms with Crippen LogP contribution in [0.25, 0.3) is 5.52 Å². The smallest absolute Gasteiger partial charge is 0.288 e. The number of benzene rings is 1. The zero-order valence-corrected chi connectivity index (χ0v) is 13.5. The number of para-hydroxylation sites is 1. The largest absolute Gasteiger partial charge is 0.297 e. The molecule has 0 radical (unpaired) electrons. The molecule has 2 aromatic heterocycles. The number of hydrogen-bond acceptors (Lipinski definition) is 4. The van der Waals surface area contributed by atoms with Gasteiger partial charge in [0.05, 0.1) is 5.69 Å². The number of anilines is 1. The van der Waals surface area contributed by atoms with Crippen LogP contribution in [0.1, 0.15) is 18.3 Å². The SMILES string of the molecule is CCc1n[nH]c(=O)c2cc(S(=O)(=O)Nc3ccccc3C)cn12. The second-order valence-corrected chi connectivity index (χ2v) is 6.86. The van der Waals surface area contributed by atoms with Crippen LogP contribution in [0.3, 0.4) is 0 Å². The average Bonchev–Trinajstić information content (AvgIpc) is 2.97. The average molecular weight is 332 g/mol. The summed E-state index contributed by atoms with van der Waals surface area (Å²) in [5.41, 5.74) is 1.14. The molecule has 0 bridgehead atoms. The van der Waals surface area contributed by atoms with Crippen molar-refractivity contribution in [1.82, 2.24) is 14.6 Å². The van der Waals surface area contributed by atoms with Gasteiger partial charge in [-0.3, -0.25) is 13.9 Å². The lowest BCUT2D eigenvalue weighted by Gasteiger charge is -2.08. The van der Waals surface area contributed by atoms with E-state index in [0.717, 1.165) is 5.56 Å². The molecular formula is C15H16N4O3S. The topological polar surface area (TPSA) is 96.3 Å². The van der Waals surface area contributed by atoms with Crippen molar-refractivity contribution >= 4 is 21.2 Å². The Morgan fingerprint density at radius 3 is 2.74 bits per heavy atom. The minimum absolute atomic E-state index is 0.0222. The molecule has 0 atom stereocenters. The maximum Gasteiger partial charge on any atom is 0.288 e. The van der Waals surface area contributed by atoms with Gasteiger partial charge >= 0.3 is 0 Å². The highest BCUT2D eigenvalue weighted by atomic mass is 32.2. The molecule has 120 valence electrons. The van der Waals surface area contributed by atoms with Gasteiger partial charge in [-0.15, -0.1) is 0 Å². The number of hydrogen-bond donors (Lipinski definition) is 2. The Bertz CT molecular complexity index is 1030. The summed E-state index contributed by atoms with van der Waals surface area (Å²) in [6.07, 6.45) is 1.98. The summed E-state index contributed by atoms with van der Waals surface area (Å²) in [6.45, 7) is 3.69. The summed E-state index contributed by atoms with van der Waals surface area (Å²) < 4.78 is 29.2. The van der Waals surface area contributed by atoms with Crippen LogP contribution in [0.15, 0.2) is 46.2 Å². The lowest BCUT2D eigenvalue weighted by molar-refractivity contribution is 0.601. The lowest BCUT2D eigenvalue weighted by atomic mass is 10.2. The molecular weight excluding hydrogens is 316 g/mol. The van der Waals surface area contributed by atoms with Crippen molar-refractivity contribution in [3.8, 4) is 0 Å². The summed E-state index contributed by atoms with van der Waals surface area (Å²) in [4.78, 5) is 11.9. The Labute approximate surface area is 133 Å². The van der Waals surface area contributed by atoms with E-state index < -0.39 is 15.6 Å². The van der Waals surface area contributed by atoms with Crippen molar-refractivity contribution in [2.75, 3.05) is 4.72 Å². The molecule has 3 rings (SSSR count). The minimum Gasteiger partial charge on any atom is -0.297 e. The number of sulfonamides is 1. The summed E-state index contributed by atoms with van der Waals surface area (Å²) >= 11 is 0. The highest BCUT2D eigenvalue weighted by Crippen LogP contribution is 2.20. The lowest BCUT2D eigenvalue weighted by Crippen LogP contribution is -2.14. The van der Waals surface area contributed by atoms with Crippen LogP contribution >= 0.6 is 0 Å². The van der Waals surface area contributed by atoms with Crippen LogP contribution in [-0.4, -0.2) is 23.0 Å². The van der Waals surface area contributed by atoms with Crippen LogP contribution in [-0.2, 0) is 16.4 Å². The van der Waals surface area contributed by atoms with E-state index in [9.17, 15) is 13.2 Å². The molecule has 0 saturated carbocycles. The fourth-order valence-corrected chi connectivity index (χ4v) is 3.49. The molecule has 0 unspecified atom stereocenters. The first-order valence-corrected chi connectivity index (χ1v) is 8.59. The predicted molar refractivity (Wildman–Crippen MR) is 87.2 cm³/mol. The standard InChI is InChI=1S/C15H16N4O3S/c1-3-14-16-17-15(20)13-8-11(9-19(13)14)23(21,22)18-12-7-5-4-6-10(12)2/h4-9,18H,3H2,1-2H3,(H,17,20). The Kier molecular flexibility index (Phi) is 3.69. The zero-order chi connectivity index (χ0) is 16.6. The molecule has 0 aliphatic rings. The van der Waals surface area contributed by atoms with Gasteiger partial charge in [0.15, 0.2) is 0 Å². The molecule has 2 heterocycles. The van der Waals surface area contributed by atoms with Crippen molar-refractivity contribution in [3.63, 3.8) is 0 Å². The molecule has 23 heavy (non-hydrogen) atoms. The quantitative estimate of drug-likeness (QED) is 0.760. The van der Waals surface area contributed by atoms with E-state index in [0.29, 0.717) is 17.9 Å². The number of nitrogens with one attached hydrogen (secondary N) is 2. The van der Waals surface area contributed by atoms with Crippen LogP contribution in [0.4, 0.5) is 5.69 Å². The minimum atomic E-state index is -3.79. The molecule has 0 amide bonds. The van der Waals surface area contributed by atoms with Gasteiger partial charge in [0.25, 0.3) is 15.6 Å². The van der Waals surface area contributed by atoms with Crippen molar-refractivity contribution in [2.24, 2.45) is 0 Å². The number of aromatic amines is 1. The van der Waals surface area contributed by atoms with E-state index in [2.05, 4.69) is 14.9 Å². The van der Waals surface area contributed by atoms with Gasteiger partial charge in [0, 0.05) is 12.6 Å². The van der Waals surface area contributed by atoms with Crippen molar-refractivity contribution in [2.45, 2.75) is 25.2 Å². The summed E-state index contributed by atoms with van der Waals surface area (Å²) in [6, 6.07) is 8.44. The number of aromatic nitrogens is 3. The second-order valence-electron chi connectivity index (χ2n) is 5.17. The number of rotatable bonds is 4. The Morgan fingerprint density at radius 2 is 2.04 bits per heavy atom. The van der Waals surface area contributed by atoms with Crippen molar-refractivity contribution in [3.05, 3.63) is 58.3 Å². The molecule has 0 fully saturated rings. The molecule has 2 N–H and O–H groups in total. The third kappa shape index (κ3) is 2.72. The maximum atomic E-state index is 12.6. The zero-order valence-electron chi connectivity index (χ0n) is 12.7. The first-order chi connectivity index (χ1) is 10.9. The van der Waals surface area contributed by atoms with E-state index in [1.165, 1.54) is 16.7 Å². The number of H-pyrrole nitrogens is 1. The fraction of sp³-hybridized carbons (Fsp3) is 0.200. The normalized spacial score (nSPS) is 11.7. The highest BCUT2D eigenvalue weighted by Gasteiger charge is 2.19. The van der Waals surface area contributed by atoms with E-state index in [-0.39, 0.29) is 10.4 Å². The van der Waals surface area contributed by atoms with Crippen LogP contribution in [0.2, 0.25) is 0 Å². The van der Waals surface area contributed by atoms with Gasteiger partial charge in [0.1, 0.15) is 16.2 Å². The molecule has 0 saturated heterocycles. The van der Waals surface area contributed by atoms with Gasteiger partial charge in [-0.25, -0.2) is 13.5 Å². The first-order valence-electron chi connectivity index (χ1n) is 7.10. The first kappa shape index (κ1) is 15.3. The molecule has 0 aliphatic heterocycles. The van der Waals surface area contributed by atoms with Crippen molar-refractivity contribution < 1.29 is 8.42 Å². The van der Waals surface area contributed by atoms with E-state index >= 15 is 0 Å². The second kappa shape index (κ2) is 5.54. The molecule has 3 aromatic rings. The summed E-state index contributed by atoms with van der Waals surface area (Å²) in [5.74, 6) is 0.581. The van der Waals surface area contributed by atoms with Crippen molar-refractivity contribution in [1.29, 1.82) is 0 Å². The number of fused-ring (bicyclic) bond motifs is 1. The van der Waals surface area contributed by atoms with Crippen LogP contribution in [0, 0.1) is 6.92 Å². The van der Waals surface area contributed by atoms with E-state index in [4.69, 9.17) is 0 Å². The Balaban J connectivity index is 2.11. The number of aryl methyl sites for hydroxylation is 2. The van der Waals surface area contributed by atoms with E-state index in [1.807, 2.05) is 26.0 Å². The van der Waals surface area contributed by atoms with Crippen LogP contribution in [0.5, 0.6) is 0 Å². The Morgan fingerprint density at radius 1 is 1.30 bits per heavy atom. The third-order valence-corrected chi connectivity index (χ3v) is 4.94. The third-order valence-electron chi connectivity index (χ3n) is 3.61. The fourth-order valence-electron chi connectivity index (χ4n) is 2.34. The van der Waals surface area contributed by atoms with Gasteiger partial charge in [-0.2, -0.15) is 5.10 Å². The molecule has 8 heteroatoms. The molecule has 7 nitrogen and oxygen atoms in total. The predicted octanol–water partition coefficient (Wildman–Crippen LogP) is 1.69. The molecule has 1 aromatic carbocycles. The van der Waals surface area contributed by atoms with Gasteiger partial charge in [-0.1, -0.05) is 25.1 Å². The molecule has 0 spiro atoms. The Hall–Kier alpha value is -2.61. The van der Waals surface area contributed by atoms with Gasteiger partial charge in [0.2, 0.25) is 0 Å². The molecule has 0 aliphatic carbocycles. The highest BCUT2D eigenvalue weighted by molar-refractivity contribution is 7.92. The monoisotopic (exact) mass is 332 g/mol. The number of nitrogens with zero attached hydrogens (tertiary/aromatic N) is 2. The maximum absolute atomic E-state index is 12.6. The van der Waals surface area contributed by atoms with E-state index in [1.54, 1.807) is 12.1 Å². The van der Waals surface area contributed by atoms with Gasteiger partial charge in [-0.05, 0) is 24.6 Å². The van der Waals surface area contributed by atoms with Crippen LogP contribution < -0.4 is 10.3 Å².